The molecule has 3 nitrogen and oxygen atoms in total. The van der Waals surface area contributed by atoms with E-state index in [4.69, 9.17) is 4.74 Å². The van der Waals surface area contributed by atoms with Crippen molar-refractivity contribution < 1.29 is 14.6 Å². The molecule has 0 radical (unpaired) electrons. The first-order valence-corrected chi connectivity index (χ1v) is 6.07. The van der Waals surface area contributed by atoms with Gasteiger partial charge in [0.05, 0.1) is 12.2 Å². The summed E-state index contributed by atoms with van der Waals surface area (Å²) in [6, 6.07) is 11.1. The minimum absolute atomic E-state index is 0.0243. The summed E-state index contributed by atoms with van der Waals surface area (Å²) in [5.74, 6) is 5.35. The highest BCUT2D eigenvalue weighted by Crippen LogP contribution is 2.25. The van der Waals surface area contributed by atoms with Crippen molar-refractivity contribution in [1.82, 2.24) is 0 Å². The Morgan fingerprint density at radius 2 is 2.05 bits per heavy atom. The molecule has 96 valence electrons. The molecule has 0 amide bonds. The van der Waals surface area contributed by atoms with Gasteiger partial charge in [0.15, 0.2) is 0 Å². The molecule has 0 spiro atoms. The molecule has 2 rings (SSSR count). The van der Waals surface area contributed by atoms with E-state index < -0.39 is 0 Å². The lowest BCUT2D eigenvalue weighted by Crippen LogP contribution is -2.01. The molecular formula is C16H14O3. The summed E-state index contributed by atoms with van der Waals surface area (Å²) in [4.78, 5) is 11.2. The van der Waals surface area contributed by atoms with E-state index in [0.29, 0.717) is 12.2 Å². The number of hydrogen-bond donors (Lipinski definition) is 1. The van der Waals surface area contributed by atoms with E-state index in [1.165, 1.54) is 0 Å². The highest BCUT2D eigenvalue weighted by atomic mass is 16.5. The first-order chi connectivity index (χ1) is 9.22. The summed E-state index contributed by atoms with van der Waals surface area (Å²) in [6.07, 6.45) is 0.0243. The van der Waals surface area contributed by atoms with Gasteiger partial charge >= 0.3 is 5.97 Å². The van der Waals surface area contributed by atoms with Crippen molar-refractivity contribution in [3.63, 3.8) is 0 Å². The van der Waals surface area contributed by atoms with Crippen LogP contribution in [-0.4, -0.2) is 17.7 Å². The van der Waals surface area contributed by atoms with Crippen LogP contribution in [0.25, 0.3) is 10.8 Å². The number of phenolic OH excluding ortho intramolecular Hbond substituents is 1. The van der Waals surface area contributed by atoms with E-state index in [-0.39, 0.29) is 18.1 Å². The van der Waals surface area contributed by atoms with Crippen LogP contribution in [0.4, 0.5) is 0 Å². The third-order valence-electron chi connectivity index (χ3n) is 2.66. The molecule has 0 aliphatic heterocycles. The number of phenols is 1. The number of fused-ring (bicyclic) bond motifs is 1. The van der Waals surface area contributed by atoms with Gasteiger partial charge in [-0.3, -0.25) is 4.79 Å². The minimum Gasteiger partial charge on any atom is -0.507 e. The second-order valence-corrected chi connectivity index (χ2v) is 3.96. The van der Waals surface area contributed by atoms with Crippen molar-refractivity contribution in [3.05, 3.63) is 42.0 Å². The number of carbonyl (C=O) groups is 1. The predicted molar refractivity (Wildman–Crippen MR) is 73.7 cm³/mol. The molecular weight excluding hydrogens is 240 g/mol. The summed E-state index contributed by atoms with van der Waals surface area (Å²) in [5, 5.41) is 11.7. The van der Waals surface area contributed by atoms with Crippen LogP contribution in [0.1, 0.15) is 18.9 Å². The number of esters is 1. The van der Waals surface area contributed by atoms with Crippen LogP contribution in [0.2, 0.25) is 0 Å². The Hall–Kier alpha value is -2.47. The largest absolute Gasteiger partial charge is 0.507 e. The Balaban J connectivity index is 2.32. The Bertz CT molecular complexity index is 662. The molecule has 2 aromatic carbocycles. The average Bonchev–Trinajstić information content (AvgIpc) is 2.41. The standard InChI is InChI=1S/C16H14O3/c1-2-19-16(18)9-5-8-14-13-7-4-3-6-12(13)10-11-15(14)17/h3-4,6-7,10-11,17H,2,9H2,1H3. The Labute approximate surface area is 111 Å². The van der Waals surface area contributed by atoms with Gasteiger partial charge in [-0.1, -0.05) is 42.2 Å². The van der Waals surface area contributed by atoms with Crippen LogP contribution in [0.5, 0.6) is 5.75 Å². The summed E-state index contributed by atoms with van der Waals surface area (Å²) in [6.45, 7) is 2.10. The number of aromatic hydroxyl groups is 1. The van der Waals surface area contributed by atoms with Gasteiger partial charge in [0.2, 0.25) is 0 Å². The van der Waals surface area contributed by atoms with Crippen molar-refractivity contribution in [2.45, 2.75) is 13.3 Å². The van der Waals surface area contributed by atoms with Crippen molar-refractivity contribution in [1.29, 1.82) is 0 Å². The molecule has 0 aliphatic carbocycles. The quantitative estimate of drug-likeness (QED) is 0.662. The smallest absolute Gasteiger partial charge is 0.317 e. The monoisotopic (exact) mass is 254 g/mol. The van der Waals surface area contributed by atoms with Gasteiger partial charge < -0.3 is 9.84 Å². The molecule has 0 fully saturated rings. The number of benzene rings is 2. The maximum Gasteiger partial charge on any atom is 0.317 e. The fourth-order valence-corrected chi connectivity index (χ4v) is 1.81. The molecule has 1 N–H and O–H groups in total. The third kappa shape index (κ3) is 3.05. The lowest BCUT2D eigenvalue weighted by Gasteiger charge is -2.02. The van der Waals surface area contributed by atoms with Crippen molar-refractivity contribution in [2.75, 3.05) is 6.61 Å². The number of hydrogen-bond acceptors (Lipinski definition) is 3. The van der Waals surface area contributed by atoms with Crippen LogP contribution in [0.3, 0.4) is 0 Å². The molecule has 0 atom stereocenters. The highest BCUT2D eigenvalue weighted by Gasteiger charge is 2.04. The normalized spacial score (nSPS) is 9.74. The first kappa shape index (κ1) is 13.0. The average molecular weight is 254 g/mol. The van der Waals surface area contributed by atoms with Crippen LogP contribution in [0.15, 0.2) is 36.4 Å². The Morgan fingerprint density at radius 3 is 2.84 bits per heavy atom. The predicted octanol–water partition coefficient (Wildman–Crippen LogP) is 2.85. The molecule has 0 aliphatic rings. The van der Waals surface area contributed by atoms with Crippen LogP contribution >= 0.6 is 0 Å². The van der Waals surface area contributed by atoms with Gasteiger partial charge in [0, 0.05) is 5.39 Å². The molecule has 0 saturated heterocycles. The summed E-state index contributed by atoms with van der Waals surface area (Å²) >= 11 is 0. The van der Waals surface area contributed by atoms with E-state index >= 15 is 0 Å². The SMILES string of the molecule is CCOC(=O)CC#Cc1c(O)ccc2ccccc12. The van der Waals surface area contributed by atoms with Crippen LogP contribution in [0, 0.1) is 11.8 Å². The van der Waals surface area contributed by atoms with E-state index in [1.807, 2.05) is 30.3 Å². The summed E-state index contributed by atoms with van der Waals surface area (Å²) < 4.78 is 4.79. The lowest BCUT2D eigenvalue weighted by atomic mass is 10.0. The molecule has 3 heteroatoms. The summed E-state index contributed by atoms with van der Waals surface area (Å²) in [5.41, 5.74) is 0.544. The minimum atomic E-state index is -0.352. The van der Waals surface area contributed by atoms with Gasteiger partial charge in [0.1, 0.15) is 12.2 Å². The van der Waals surface area contributed by atoms with Crippen LogP contribution in [-0.2, 0) is 9.53 Å². The van der Waals surface area contributed by atoms with Crippen molar-refractivity contribution in [3.8, 4) is 17.6 Å². The molecule has 0 unspecified atom stereocenters. The van der Waals surface area contributed by atoms with Crippen LogP contribution < -0.4 is 0 Å². The molecule has 0 saturated carbocycles. The topological polar surface area (TPSA) is 46.5 Å². The third-order valence-corrected chi connectivity index (χ3v) is 2.66. The van der Waals surface area contributed by atoms with E-state index in [0.717, 1.165) is 10.8 Å². The van der Waals surface area contributed by atoms with Crippen molar-refractivity contribution in [2.24, 2.45) is 0 Å². The fourth-order valence-electron chi connectivity index (χ4n) is 1.81. The highest BCUT2D eigenvalue weighted by molar-refractivity contribution is 5.90. The maximum atomic E-state index is 11.2. The first-order valence-electron chi connectivity index (χ1n) is 6.07. The maximum absolute atomic E-state index is 11.2. The van der Waals surface area contributed by atoms with Crippen molar-refractivity contribution >= 4 is 16.7 Å². The van der Waals surface area contributed by atoms with E-state index in [1.54, 1.807) is 13.0 Å². The Kier molecular flexibility index (Phi) is 4.04. The zero-order valence-electron chi connectivity index (χ0n) is 10.6. The number of carbonyl (C=O) groups excluding carboxylic acids is 1. The molecule has 19 heavy (non-hydrogen) atoms. The number of ether oxygens (including phenoxy) is 1. The number of rotatable bonds is 2. The van der Waals surface area contributed by atoms with E-state index in [9.17, 15) is 9.90 Å². The fraction of sp³-hybridized carbons (Fsp3) is 0.188. The second-order valence-electron chi connectivity index (χ2n) is 3.96. The molecule has 0 heterocycles. The van der Waals surface area contributed by atoms with Gasteiger partial charge in [-0.05, 0) is 18.4 Å². The lowest BCUT2D eigenvalue weighted by molar-refractivity contribution is -0.141. The van der Waals surface area contributed by atoms with Gasteiger partial charge in [-0.2, -0.15) is 0 Å². The van der Waals surface area contributed by atoms with Gasteiger partial charge in [-0.15, -0.1) is 0 Å². The summed E-state index contributed by atoms with van der Waals surface area (Å²) in [7, 11) is 0. The van der Waals surface area contributed by atoms with Gasteiger partial charge in [0.25, 0.3) is 0 Å². The second kappa shape index (κ2) is 5.92. The zero-order valence-corrected chi connectivity index (χ0v) is 10.6. The zero-order chi connectivity index (χ0) is 13.7. The Morgan fingerprint density at radius 1 is 1.26 bits per heavy atom. The molecule has 0 bridgehead atoms. The molecule has 0 aromatic heterocycles. The van der Waals surface area contributed by atoms with E-state index in [2.05, 4.69) is 11.8 Å². The van der Waals surface area contributed by atoms with Gasteiger partial charge in [-0.25, -0.2) is 0 Å². The molecule has 2 aromatic rings.